The van der Waals surface area contributed by atoms with Crippen LogP contribution in [0.25, 0.3) is 0 Å². The molecule has 0 aliphatic carbocycles. The van der Waals surface area contributed by atoms with Gasteiger partial charge in [-0.25, -0.2) is 4.79 Å². The van der Waals surface area contributed by atoms with Gasteiger partial charge in [-0.05, 0) is 37.6 Å². The summed E-state index contributed by atoms with van der Waals surface area (Å²) < 4.78 is 15.9. The van der Waals surface area contributed by atoms with Crippen molar-refractivity contribution in [1.82, 2.24) is 5.32 Å². The summed E-state index contributed by atoms with van der Waals surface area (Å²) in [5.41, 5.74) is 2.17. The first-order chi connectivity index (χ1) is 11.9. The lowest BCUT2D eigenvalue weighted by Crippen LogP contribution is -2.37. The van der Waals surface area contributed by atoms with Crippen molar-refractivity contribution in [1.29, 1.82) is 0 Å². The lowest BCUT2D eigenvalue weighted by Gasteiger charge is -2.10. The minimum atomic E-state index is -1.15. The summed E-state index contributed by atoms with van der Waals surface area (Å²) in [5.74, 6) is -0.339. The Balaban J connectivity index is 1.90. The molecule has 0 saturated heterocycles. The molecular formula is C18H21NO6. The van der Waals surface area contributed by atoms with Crippen LogP contribution in [0.4, 0.5) is 0 Å². The van der Waals surface area contributed by atoms with Gasteiger partial charge in [-0.1, -0.05) is 17.7 Å². The van der Waals surface area contributed by atoms with Crippen molar-refractivity contribution in [2.75, 3.05) is 13.7 Å². The number of carboxylic acids is 1. The number of carboxylic acid groups (broad SMARTS) is 1. The van der Waals surface area contributed by atoms with Crippen LogP contribution in [0.3, 0.4) is 0 Å². The number of hydrogen-bond acceptors (Lipinski definition) is 5. The topological polar surface area (TPSA) is 98.0 Å². The Morgan fingerprint density at radius 2 is 2.00 bits per heavy atom. The van der Waals surface area contributed by atoms with E-state index in [1.807, 2.05) is 32.0 Å². The first-order valence-electron chi connectivity index (χ1n) is 7.73. The second-order valence-corrected chi connectivity index (χ2v) is 5.60. The fourth-order valence-corrected chi connectivity index (χ4v) is 2.23. The number of aryl methyl sites for hydroxylation is 2. The Bertz CT molecular complexity index is 752. The van der Waals surface area contributed by atoms with Crippen molar-refractivity contribution in [3.05, 3.63) is 53.0 Å². The molecule has 7 heteroatoms. The summed E-state index contributed by atoms with van der Waals surface area (Å²) in [7, 11) is 1.26. The third-order valence-corrected chi connectivity index (χ3v) is 3.59. The van der Waals surface area contributed by atoms with Crippen molar-refractivity contribution < 1.29 is 28.6 Å². The maximum Gasteiger partial charge on any atom is 0.334 e. The van der Waals surface area contributed by atoms with E-state index >= 15 is 0 Å². The summed E-state index contributed by atoms with van der Waals surface area (Å²) >= 11 is 0. The third kappa shape index (κ3) is 5.09. The molecule has 1 aromatic carbocycles. The lowest BCUT2D eigenvalue weighted by atomic mass is 10.1. The van der Waals surface area contributed by atoms with Gasteiger partial charge >= 0.3 is 5.97 Å². The smallest absolute Gasteiger partial charge is 0.334 e. The van der Waals surface area contributed by atoms with E-state index in [1.54, 1.807) is 6.07 Å². The average Bonchev–Trinajstić information content (AvgIpc) is 3.03. The Morgan fingerprint density at radius 1 is 1.24 bits per heavy atom. The first kappa shape index (κ1) is 18.5. The molecule has 0 saturated carbocycles. The monoisotopic (exact) mass is 347 g/mol. The molecule has 2 rings (SSSR count). The predicted octanol–water partition coefficient (Wildman–Crippen LogP) is 2.30. The van der Waals surface area contributed by atoms with E-state index in [2.05, 4.69) is 5.32 Å². The van der Waals surface area contributed by atoms with E-state index in [0.29, 0.717) is 5.76 Å². The quantitative estimate of drug-likeness (QED) is 0.760. The second-order valence-electron chi connectivity index (χ2n) is 5.60. The van der Waals surface area contributed by atoms with E-state index in [9.17, 15) is 9.59 Å². The Hall–Kier alpha value is -2.80. The maximum atomic E-state index is 12.0. The number of methoxy groups -OCH3 is 1. The van der Waals surface area contributed by atoms with Crippen molar-refractivity contribution in [3.8, 4) is 5.75 Å². The van der Waals surface area contributed by atoms with E-state index in [0.717, 1.165) is 16.9 Å². The number of aliphatic carboxylic acids is 1. The minimum Gasteiger partial charge on any atom is -0.485 e. The van der Waals surface area contributed by atoms with Crippen LogP contribution in [0.2, 0.25) is 0 Å². The lowest BCUT2D eigenvalue weighted by molar-refractivity contribution is -0.148. The molecule has 1 amide bonds. The highest BCUT2D eigenvalue weighted by atomic mass is 16.5. The van der Waals surface area contributed by atoms with Crippen LogP contribution >= 0.6 is 0 Å². The molecule has 0 spiro atoms. The number of ether oxygens (including phenoxy) is 2. The molecule has 0 aliphatic heterocycles. The van der Waals surface area contributed by atoms with Crippen LogP contribution in [0.5, 0.6) is 5.75 Å². The molecule has 1 aromatic heterocycles. The molecule has 1 atom stereocenters. The number of carbonyl (C=O) groups is 2. The number of carbonyl (C=O) groups excluding carboxylic acids is 1. The summed E-state index contributed by atoms with van der Waals surface area (Å²) in [6, 6.07) is 9.02. The van der Waals surface area contributed by atoms with E-state index in [4.69, 9.17) is 19.0 Å². The van der Waals surface area contributed by atoms with Crippen molar-refractivity contribution in [3.63, 3.8) is 0 Å². The number of rotatable bonds is 8. The number of nitrogens with one attached hydrogen (secondary N) is 1. The molecular weight excluding hydrogens is 326 g/mol. The van der Waals surface area contributed by atoms with E-state index in [1.165, 1.54) is 13.2 Å². The van der Waals surface area contributed by atoms with Crippen LogP contribution in [0, 0.1) is 13.8 Å². The minimum absolute atomic E-state index is 0.0828. The van der Waals surface area contributed by atoms with Gasteiger partial charge in [0.05, 0.1) is 6.54 Å². The molecule has 1 heterocycles. The van der Waals surface area contributed by atoms with Crippen LogP contribution < -0.4 is 10.1 Å². The SMILES string of the molecule is COC(CNC(=O)c1ccc(COc2ccc(C)cc2C)o1)C(=O)O. The van der Waals surface area contributed by atoms with Crippen LogP contribution in [0.15, 0.2) is 34.7 Å². The summed E-state index contributed by atoms with van der Waals surface area (Å²) in [4.78, 5) is 22.8. The van der Waals surface area contributed by atoms with Gasteiger partial charge in [-0.15, -0.1) is 0 Å². The zero-order chi connectivity index (χ0) is 18.4. The fraction of sp³-hybridized carbons (Fsp3) is 0.333. The second kappa shape index (κ2) is 8.34. The molecule has 2 N–H and O–H groups in total. The summed E-state index contributed by atoms with van der Waals surface area (Å²) in [6.45, 7) is 4.00. The van der Waals surface area contributed by atoms with Crippen molar-refractivity contribution in [2.45, 2.75) is 26.6 Å². The van der Waals surface area contributed by atoms with Gasteiger partial charge < -0.3 is 24.3 Å². The first-order valence-corrected chi connectivity index (χ1v) is 7.73. The average molecular weight is 347 g/mol. The molecule has 134 valence electrons. The Labute approximate surface area is 145 Å². The normalized spacial score (nSPS) is 11.8. The highest BCUT2D eigenvalue weighted by molar-refractivity contribution is 5.91. The van der Waals surface area contributed by atoms with Crippen molar-refractivity contribution in [2.24, 2.45) is 0 Å². The molecule has 2 aromatic rings. The van der Waals surface area contributed by atoms with Gasteiger partial charge in [0.15, 0.2) is 11.9 Å². The number of furan rings is 1. The standard InChI is InChI=1S/C18H21NO6/c1-11-4-6-14(12(2)8-11)24-10-13-5-7-15(25-13)17(20)19-9-16(23-3)18(21)22/h4-8,16H,9-10H2,1-3H3,(H,19,20)(H,21,22). The highest BCUT2D eigenvalue weighted by Crippen LogP contribution is 2.20. The maximum absolute atomic E-state index is 12.0. The fourth-order valence-electron chi connectivity index (χ4n) is 2.23. The van der Waals surface area contributed by atoms with Gasteiger partial charge in [0.1, 0.15) is 18.1 Å². The molecule has 0 aliphatic rings. The summed E-state index contributed by atoms with van der Waals surface area (Å²) in [5, 5.41) is 11.3. The molecule has 0 radical (unpaired) electrons. The van der Waals surface area contributed by atoms with E-state index < -0.39 is 18.0 Å². The van der Waals surface area contributed by atoms with Crippen LogP contribution in [0.1, 0.15) is 27.4 Å². The number of benzene rings is 1. The largest absolute Gasteiger partial charge is 0.485 e. The zero-order valence-electron chi connectivity index (χ0n) is 14.4. The van der Waals surface area contributed by atoms with Gasteiger partial charge in [-0.3, -0.25) is 4.79 Å². The van der Waals surface area contributed by atoms with E-state index in [-0.39, 0.29) is 18.9 Å². The molecule has 25 heavy (non-hydrogen) atoms. The molecule has 7 nitrogen and oxygen atoms in total. The molecule has 0 fully saturated rings. The van der Waals surface area contributed by atoms with Crippen LogP contribution in [-0.2, 0) is 16.1 Å². The predicted molar refractivity (Wildman–Crippen MR) is 89.7 cm³/mol. The van der Waals surface area contributed by atoms with Gasteiger partial charge in [0, 0.05) is 7.11 Å². The Morgan fingerprint density at radius 3 is 2.64 bits per heavy atom. The Kier molecular flexibility index (Phi) is 6.19. The third-order valence-electron chi connectivity index (χ3n) is 3.59. The summed E-state index contributed by atoms with van der Waals surface area (Å²) in [6.07, 6.45) is -1.11. The molecule has 1 unspecified atom stereocenters. The zero-order valence-corrected chi connectivity index (χ0v) is 14.4. The van der Waals surface area contributed by atoms with Gasteiger partial charge in [-0.2, -0.15) is 0 Å². The molecule has 0 bridgehead atoms. The van der Waals surface area contributed by atoms with Crippen LogP contribution in [-0.4, -0.2) is 36.7 Å². The number of hydrogen-bond donors (Lipinski definition) is 2. The highest BCUT2D eigenvalue weighted by Gasteiger charge is 2.19. The van der Waals surface area contributed by atoms with Gasteiger partial charge in [0.2, 0.25) is 0 Å². The van der Waals surface area contributed by atoms with Gasteiger partial charge in [0.25, 0.3) is 5.91 Å². The van der Waals surface area contributed by atoms with Crippen molar-refractivity contribution >= 4 is 11.9 Å². The number of amides is 1.